The van der Waals surface area contributed by atoms with Gasteiger partial charge >= 0.3 is 12.5 Å². The van der Waals surface area contributed by atoms with Crippen LogP contribution < -0.4 is 9.64 Å². The number of hydrogen-bond donors (Lipinski definition) is 0. The Bertz CT molecular complexity index is 700. The van der Waals surface area contributed by atoms with Crippen molar-refractivity contribution in [1.29, 1.82) is 0 Å². The van der Waals surface area contributed by atoms with Crippen molar-refractivity contribution in [3.63, 3.8) is 0 Å². The Morgan fingerprint density at radius 1 is 1.07 bits per heavy atom. The quantitative estimate of drug-likeness (QED) is 0.642. The van der Waals surface area contributed by atoms with Gasteiger partial charge in [-0.15, -0.1) is 13.2 Å². The largest absolute Gasteiger partial charge is 0.573 e. The smallest absolute Gasteiger partial charge is 0.406 e. The van der Waals surface area contributed by atoms with E-state index in [4.69, 9.17) is 0 Å². The van der Waals surface area contributed by atoms with Gasteiger partial charge in [-0.25, -0.2) is 0 Å². The molecule has 0 aromatic heterocycles. The van der Waals surface area contributed by atoms with E-state index in [0.29, 0.717) is 43.5 Å². The van der Waals surface area contributed by atoms with Gasteiger partial charge in [0, 0.05) is 18.2 Å². The van der Waals surface area contributed by atoms with Gasteiger partial charge in [0.1, 0.15) is 5.75 Å². The Balaban J connectivity index is 1.78. The summed E-state index contributed by atoms with van der Waals surface area (Å²) in [6.45, 7) is 0.346. The number of fused-ring (bicyclic) bond motifs is 1. The Morgan fingerprint density at radius 3 is 2.48 bits per heavy atom. The second kappa shape index (κ2) is 7.24. The third-order valence-corrected chi connectivity index (χ3v) is 5.16. The van der Waals surface area contributed by atoms with Crippen molar-refractivity contribution in [3.05, 3.63) is 23.8 Å². The molecule has 1 aliphatic carbocycles. The lowest BCUT2D eigenvalue weighted by molar-refractivity contribution is -0.274. The van der Waals surface area contributed by atoms with Gasteiger partial charge in [-0.1, -0.05) is 6.42 Å². The predicted octanol–water partition coefficient (Wildman–Crippen LogP) is 5.23. The molecule has 2 atom stereocenters. The molecule has 9 heteroatoms. The van der Waals surface area contributed by atoms with E-state index in [9.17, 15) is 31.1 Å². The molecule has 0 radical (unpaired) electrons. The lowest BCUT2D eigenvalue weighted by Gasteiger charge is -2.36. The number of nitrogens with zero attached hydrogens (tertiary/aromatic N) is 1. The van der Waals surface area contributed by atoms with Gasteiger partial charge in [0.2, 0.25) is 5.91 Å². The molecule has 1 fully saturated rings. The topological polar surface area (TPSA) is 29.5 Å². The number of hydrogen-bond acceptors (Lipinski definition) is 2. The monoisotopic (exact) mass is 395 g/mol. The average Bonchev–Trinajstić information content (AvgIpc) is 2.58. The van der Waals surface area contributed by atoms with E-state index >= 15 is 0 Å². The number of aryl methyl sites for hydroxylation is 1. The molecule has 2 unspecified atom stereocenters. The second-order valence-corrected chi connectivity index (χ2v) is 7.03. The maximum Gasteiger partial charge on any atom is 0.573 e. The molecule has 0 spiro atoms. The van der Waals surface area contributed by atoms with E-state index in [0.717, 1.165) is 6.07 Å². The summed E-state index contributed by atoms with van der Waals surface area (Å²) in [5, 5.41) is 0. The van der Waals surface area contributed by atoms with Crippen molar-refractivity contribution in [2.24, 2.45) is 11.8 Å². The summed E-state index contributed by atoms with van der Waals surface area (Å²) < 4.78 is 80.1. The van der Waals surface area contributed by atoms with Crippen molar-refractivity contribution in [2.75, 3.05) is 11.4 Å². The summed E-state index contributed by atoms with van der Waals surface area (Å²) in [5.41, 5.74) is 0.981. The first kappa shape index (κ1) is 19.8. The van der Waals surface area contributed by atoms with E-state index in [1.807, 2.05) is 0 Å². The molecule has 1 saturated carbocycles. The molecule has 1 aromatic rings. The maximum atomic E-state index is 13.0. The van der Waals surface area contributed by atoms with Crippen molar-refractivity contribution in [1.82, 2.24) is 0 Å². The zero-order valence-corrected chi connectivity index (χ0v) is 14.4. The van der Waals surface area contributed by atoms with Crippen LogP contribution in [0.25, 0.3) is 0 Å². The van der Waals surface area contributed by atoms with Crippen LogP contribution in [0, 0.1) is 11.8 Å². The summed E-state index contributed by atoms with van der Waals surface area (Å²) in [5.74, 6) is -2.95. The number of halogens is 6. The number of ether oxygens (including phenoxy) is 1. The van der Waals surface area contributed by atoms with Gasteiger partial charge in [0.15, 0.2) is 0 Å². The Hall–Kier alpha value is -1.93. The van der Waals surface area contributed by atoms with Crippen molar-refractivity contribution in [3.8, 4) is 5.75 Å². The number of carbonyl (C=O) groups excluding carboxylic acids is 1. The van der Waals surface area contributed by atoms with E-state index in [-0.39, 0.29) is 24.5 Å². The fourth-order valence-electron chi connectivity index (χ4n) is 3.93. The standard InChI is InChI=1S/C18H19F6NO2/c19-17(20,21)13-5-1-3-12(9-13)16(26)25-8-2-4-11-10-14(6-7-15(11)25)27-18(22,23)24/h6-7,10,12-13H,1-5,8-9H2. The molecule has 3 rings (SSSR count). The van der Waals surface area contributed by atoms with E-state index < -0.39 is 24.4 Å². The fraction of sp³-hybridized carbons (Fsp3) is 0.611. The summed E-state index contributed by atoms with van der Waals surface area (Å²) in [6, 6.07) is 3.73. The number of benzene rings is 1. The number of amides is 1. The molecule has 1 heterocycles. The molecule has 1 amide bonds. The highest BCUT2D eigenvalue weighted by molar-refractivity contribution is 5.96. The van der Waals surface area contributed by atoms with E-state index in [1.165, 1.54) is 17.0 Å². The SMILES string of the molecule is O=C(C1CCCC(C(F)(F)F)C1)N1CCCc2cc(OC(F)(F)F)ccc21. The zero-order chi connectivity index (χ0) is 19.8. The van der Waals surface area contributed by atoms with Gasteiger partial charge in [-0.05, 0) is 55.9 Å². The van der Waals surface area contributed by atoms with Gasteiger partial charge in [-0.2, -0.15) is 13.2 Å². The molecule has 0 saturated heterocycles. The highest BCUT2D eigenvalue weighted by Crippen LogP contribution is 2.42. The summed E-state index contributed by atoms with van der Waals surface area (Å²) in [4.78, 5) is 14.3. The van der Waals surface area contributed by atoms with Crippen LogP contribution in [0.5, 0.6) is 5.75 Å². The van der Waals surface area contributed by atoms with Gasteiger partial charge in [-0.3, -0.25) is 4.79 Å². The van der Waals surface area contributed by atoms with Crippen LogP contribution in [0.15, 0.2) is 18.2 Å². The molecule has 2 aliphatic rings. The third-order valence-electron chi connectivity index (χ3n) is 5.16. The lowest BCUT2D eigenvalue weighted by Crippen LogP contribution is -2.42. The summed E-state index contributed by atoms with van der Waals surface area (Å²) in [7, 11) is 0. The first-order chi connectivity index (χ1) is 12.5. The van der Waals surface area contributed by atoms with Crippen molar-refractivity contribution < 1.29 is 35.9 Å². The van der Waals surface area contributed by atoms with Gasteiger partial charge < -0.3 is 9.64 Å². The van der Waals surface area contributed by atoms with Crippen LogP contribution in [0.1, 0.15) is 37.7 Å². The van der Waals surface area contributed by atoms with Crippen LogP contribution in [-0.2, 0) is 11.2 Å². The summed E-state index contributed by atoms with van der Waals surface area (Å²) in [6.07, 6.45) is -7.60. The molecular weight excluding hydrogens is 376 g/mol. The first-order valence-electron chi connectivity index (χ1n) is 8.81. The van der Waals surface area contributed by atoms with Crippen LogP contribution in [0.2, 0.25) is 0 Å². The molecule has 3 nitrogen and oxygen atoms in total. The third kappa shape index (κ3) is 4.68. The minimum Gasteiger partial charge on any atom is -0.406 e. The van der Waals surface area contributed by atoms with Crippen LogP contribution in [0.4, 0.5) is 32.0 Å². The van der Waals surface area contributed by atoms with Crippen LogP contribution in [-0.4, -0.2) is 25.0 Å². The molecule has 0 N–H and O–H groups in total. The molecule has 150 valence electrons. The number of alkyl halides is 6. The Kier molecular flexibility index (Phi) is 5.31. The predicted molar refractivity (Wildman–Crippen MR) is 85.3 cm³/mol. The molecule has 27 heavy (non-hydrogen) atoms. The molecular formula is C18H19F6NO2. The van der Waals surface area contributed by atoms with Crippen LogP contribution >= 0.6 is 0 Å². The second-order valence-electron chi connectivity index (χ2n) is 7.03. The normalized spacial score (nSPS) is 23.7. The number of anilines is 1. The Morgan fingerprint density at radius 2 is 1.81 bits per heavy atom. The Labute approximate surface area is 152 Å². The van der Waals surface area contributed by atoms with Crippen LogP contribution in [0.3, 0.4) is 0 Å². The highest BCUT2D eigenvalue weighted by atomic mass is 19.4. The summed E-state index contributed by atoms with van der Waals surface area (Å²) >= 11 is 0. The fourth-order valence-corrected chi connectivity index (χ4v) is 3.93. The van der Waals surface area contributed by atoms with Gasteiger partial charge in [0.05, 0.1) is 5.92 Å². The molecule has 1 aliphatic heterocycles. The van der Waals surface area contributed by atoms with Gasteiger partial charge in [0.25, 0.3) is 0 Å². The minimum atomic E-state index is -4.81. The maximum absolute atomic E-state index is 13.0. The van der Waals surface area contributed by atoms with E-state index in [1.54, 1.807) is 0 Å². The minimum absolute atomic E-state index is 0.0298. The number of carbonyl (C=O) groups is 1. The molecule has 0 bridgehead atoms. The average molecular weight is 395 g/mol. The number of rotatable bonds is 2. The first-order valence-corrected chi connectivity index (χ1v) is 8.81. The lowest BCUT2D eigenvalue weighted by atomic mass is 9.80. The highest BCUT2D eigenvalue weighted by Gasteiger charge is 2.44. The van der Waals surface area contributed by atoms with Crippen molar-refractivity contribution >= 4 is 11.6 Å². The molecule has 1 aromatic carbocycles. The van der Waals surface area contributed by atoms with E-state index in [2.05, 4.69) is 4.74 Å². The zero-order valence-electron chi connectivity index (χ0n) is 14.4. The van der Waals surface area contributed by atoms with Crippen molar-refractivity contribution in [2.45, 2.75) is 51.1 Å².